The van der Waals surface area contributed by atoms with Crippen molar-refractivity contribution in [3.63, 3.8) is 0 Å². The average Bonchev–Trinajstić information content (AvgIpc) is 3.47. The molecule has 10 heteroatoms. The molecule has 2 amide bonds. The van der Waals surface area contributed by atoms with Gasteiger partial charge < -0.3 is 19.4 Å². The summed E-state index contributed by atoms with van der Waals surface area (Å²) >= 11 is 0. The van der Waals surface area contributed by atoms with E-state index in [4.69, 9.17) is 4.74 Å². The van der Waals surface area contributed by atoms with Crippen molar-refractivity contribution in [1.82, 2.24) is 14.7 Å². The van der Waals surface area contributed by atoms with Crippen LogP contribution in [0.15, 0.2) is 59.5 Å². The average molecular weight is 576 g/mol. The predicted octanol–water partition coefficient (Wildman–Crippen LogP) is 3.81. The molecular weight excluding hydrogens is 538 g/mol. The van der Waals surface area contributed by atoms with Gasteiger partial charge in [-0.25, -0.2) is 13.2 Å². The molecule has 1 spiro atoms. The van der Waals surface area contributed by atoms with Crippen LogP contribution in [-0.2, 0) is 25.9 Å². The quantitative estimate of drug-likeness (QED) is 0.521. The van der Waals surface area contributed by atoms with Crippen LogP contribution in [-0.4, -0.2) is 87.8 Å². The molecule has 0 unspecified atom stereocenters. The predicted molar refractivity (Wildman–Crippen MR) is 152 cm³/mol. The van der Waals surface area contributed by atoms with E-state index in [9.17, 15) is 18.0 Å². The van der Waals surface area contributed by atoms with Gasteiger partial charge in [-0.15, -0.1) is 12.4 Å². The SMILES string of the molecule is COC(=O)N1C[C@H](CN2CCC3(CC2)CCN(Cc2ccc(S(C)(=O)=O)cc2)C3=O)[C@@H](c2ccccc2)C1.Cl. The summed E-state index contributed by atoms with van der Waals surface area (Å²) < 4.78 is 28.5. The summed E-state index contributed by atoms with van der Waals surface area (Å²) in [7, 11) is -1.80. The van der Waals surface area contributed by atoms with Gasteiger partial charge in [0.15, 0.2) is 9.84 Å². The van der Waals surface area contributed by atoms with Crippen molar-refractivity contribution in [2.24, 2.45) is 11.3 Å². The molecule has 212 valence electrons. The number of nitrogens with zero attached hydrogens (tertiary/aromatic N) is 3. The van der Waals surface area contributed by atoms with Gasteiger partial charge in [0.05, 0.1) is 17.4 Å². The summed E-state index contributed by atoms with van der Waals surface area (Å²) in [5.74, 6) is 0.810. The molecule has 0 aliphatic carbocycles. The number of sulfone groups is 1. The van der Waals surface area contributed by atoms with Gasteiger partial charge in [-0.1, -0.05) is 42.5 Å². The zero-order chi connectivity index (χ0) is 26.9. The molecule has 2 atom stereocenters. The molecule has 2 aromatic rings. The van der Waals surface area contributed by atoms with Crippen LogP contribution in [0.5, 0.6) is 0 Å². The Labute approximate surface area is 237 Å². The third-order valence-corrected chi connectivity index (χ3v) is 9.86. The maximum absolute atomic E-state index is 13.5. The smallest absolute Gasteiger partial charge is 0.409 e. The van der Waals surface area contributed by atoms with Gasteiger partial charge in [-0.3, -0.25) is 4.79 Å². The highest BCUT2D eigenvalue weighted by Crippen LogP contribution is 2.43. The first-order valence-electron chi connectivity index (χ1n) is 13.4. The van der Waals surface area contributed by atoms with E-state index in [1.54, 1.807) is 24.3 Å². The van der Waals surface area contributed by atoms with E-state index < -0.39 is 9.84 Å². The van der Waals surface area contributed by atoms with Gasteiger partial charge in [0.25, 0.3) is 0 Å². The lowest BCUT2D eigenvalue weighted by atomic mass is 9.76. The number of hydrogen-bond acceptors (Lipinski definition) is 6. The van der Waals surface area contributed by atoms with Crippen LogP contribution in [0, 0.1) is 11.3 Å². The summed E-state index contributed by atoms with van der Waals surface area (Å²) in [5.41, 5.74) is 1.91. The molecule has 3 heterocycles. The van der Waals surface area contributed by atoms with Crippen molar-refractivity contribution in [2.75, 3.05) is 52.6 Å². The van der Waals surface area contributed by atoms with Crippen molar-refractivity contribution in [2.45, 2.75) is 36.6 Å². The Morgan fingerprint density at radius 3 is 2.23 bits per heavy atom. The number of piperidine rings is 1. The highest BCUT2D eigenvalue weighted by Gasteiger charge is 2.48. The summed E-state index contributed by atoms with van der Waals surface area (Å²) in [4.78, 5) is 32.3. The molecule has 8 nitrogen and oxygen atoms in total. The maximum atomic E-state index is 13.5. The number of hydrogen-bond donors (Lipinski definition) is 0. The van der Waals surface area contributed by atoms with Gasteiger partial charge in [0.1, 0.15) is 0 Å². The zero-order valence-corrected chi connectivity index (χ0v) is 24.3. The molecule has 0 N–H and O–H groups in total. The minimum absolute atomic E-state index is 0. The molecule has 0 bridgehead atoms. The Kier molecular flexibility index (Phi) is 8.93. The van der Waals surface area contributed by atoms with Crippen molar-refractivity contribution in [1.29, 1.82) is 0 Å². The Morgan fingerprint density at radius 2 is 1.62 bits per heavy atom. The number of likely N-dealkylation sites (tertiary alicyclic amines) is 3. The van der Waals surface area contributed by atoms with Crippen LogP contribution >= 0.6 is 12.4 Å². The summed E-state index contributed by atoms with van der Waals surface area (Å²) in [6, 6.07) is 17.2. The standard InChI is InChI=1S/C29H37N3O5S.ClH/c1-37-28(34)32-20-24(26(21-32)23-6-4-3-5-7-23)19-30-15-12-29(13-16-30)14-17-31(27(29)33)18-22-8-10-25(11-9-22)38(2,35)36;/h3-11,24,26H,12-21H2,1-2H3;1H/t24-,26+;/m0./s1. The molecule has 0 radical (unpaired) electrons. The van der Waals surface area contributed by atoms with E-state index in [0.717, 1.165) is 51.0 Å². The van der Waals surface area contributed by atoms with Crippen molar-refractivity contribution in [3.8, 4) is 0 Å². The van der Waals surface area contributed by atoms with Gasteiger partial charge in [0.2, 0.25) is 5.91 Å². The highest BCUT2D eigenvalue weighted by molar-refractivity contribution is 7.90. The van der Waals surface area contributed by atoms with E-state index in [0.29, 0.717) is 30.4 Å². The second-order valence-electron chi connectivity index (χ2n) is 11.1. The van der Waals surface area contributed by atoms with E-state index >= 15 is 0 Å². The van der Waals surface area contributed by atoms with Crippen LogP contribution in [0.1, 0.15) is 36.3 Å². The van der Waals surface area contributed by atoms with Gasteiger partial charge >= 0.3 is 6.09 Å². The maximum Gasteiger partial charge on any atom is 0.409 e. The minimum Gasteiger partial charge on any atom is -0.453 e. The number of rotatable bonds is 6. The number of amides is 2. The van der Waals surface area contributed by atoms with E-state index in [-0.39, 0.29) is 35.7 Å². The topological polar surface area (TPSA) is 87.2 Å². The molecular formula is C29H38ClN3O5S. The molecule has 3 fully saturated rings. The zero-order valence-electron chi connectivity index (χ0n) is 22.6. The number of benzene rings is 2. The molecule has 0 saturated carbocycles. The lowest BCUT2D eigenvalue weighted by Gasteiger charge is -2.39. The first-order chi connectivity index (χ1) is 18.2. The van der Waals surface area contributed by atoms with Gasteiger partial charge in [0, 0.05) is 44.9 Å². The van der Waals surface area contributed by atoms with Crippen LogP contribution in [0.2, 0.25) is 0 Å². The van der Waals surface area contributed by atoms with Gasteiger partial charge in [-0.2, -0.15) is 0 Å². The minimum atomic E-state index is -3.23. The first kappa shape index (κ1) is 29.4. The Morgan fingerprint density at radius 1 is 0.974 bits per heavy atom. The van der Waals surface area contributed by atoms with E-state index in [1.165, 1.54) is 18.9 Å². The Hall–Kier alpha value is -2.62. The number of carbonyl (C=O) groups is 2. The van der Waals surface area contributed by atoms with Crippen molar-refractivity contribution in [3.05, 3.63) is 65.7 Å². The number of methoxy groups -OCH3 is 1. The monoisotopic (exact) mass is 575 g/mol. The molecule has 3 aliphatic rings. The first-order valence-corrected chi connectivity index (χ1v) is 15.3. The molecule has 3 aliphatic heterocycles. The number of halogens is 1. The van der Waals surface area contributed by atoms with Gasteiger partial charge in [-0.05, 0) is 61.5 Å². The molecule has 39 heavy (non-hydrogen) atoms. The van der Waals surface area contributed by atoms with Crippen molar-refractivity contribution < 1.29 is 22.7 Å². The fourth-order valence-electron chi connectivity index (χ4n) is 6.48. The Bertz CT molecular complexity index is 1260. The third-order valence-electron chi connectivity index (χ3n) is 8.73. The third kappa shape index (κ3) is 6.26. The molecule has 0 aromatic heterocycles. The fraction of sp³-hybridized carbons (Fsp3) is 0.517. The lowest BCUT2D eigenvalue weighted by Crippen LogP contribution is -2.46. The summed E-state index contributed by atoms with van der Waals surface area (Å²) in [5, 5.41) is 0. The summed E-state index contributed by atoms with van der Waals surface area (Å²) in [6.45, 7) is 5.24. The van der Waals surface area contributed by atoms with E-state index in [2.05, 4.69) is 29.2 Å². The van der Waals surface area contributed by atoms with Crippen molar-refractivity contribution >= 4 is 34.2 Å². The van der Waals surface area contributed by atoms with Crippen LogP contribution < -0.4 is 0 Å². The van der Waals surface area contributed by atoms with Crippen LogP contribution in [0.25, 0.3) is 0 Å². The van der Waals surface area contributed by atoms with E-state index in [1.807, 2.05) is 15.9 Å². The number of carbonyl (C=O) groups excluding carboxylic acids is 2. The molecule has 3 saturated heterocycles. The normalized spacial score (nSPS) is 23.2. The molecule has 2 aromatic carbocycles. The number of ether oxygens (including phenoxy) is 1. The fourth-order valence-corrected chi connectivity index (χ4v) is 7.11. The summed E-state index contributed by atoms with van der Waals surface area (Å²) in [6.07, 6.45) is 3.49. The second-order valence-corrected chi connectivity index (χ2v) is 13.1. The van der Waals surface area contributed by atoms with Crippen LogP contribution in [0.3, 0.4) is 0 Å². The second kappa shape index (κ2) is 11.9. The highest BCUT2D eigenvalue weighted by atomic mass is 35.5. The van der Waals surface area contributed by atoms with Crippen LogP contribution in [0.4, 0.5) is 4.79 Å². The molecule has 5 rings (SSSR count). The lowest BCUT2D eigenvalue weighted by molar-refractivity contribution is -0.139. The Balaban J connectivity index is 0.00000353. The largest absolute Gasteiger partial charge is 0.453 e.